The molecule has 8 nitrogen and oxygen atoms in total. The average Bonchev–Trinajstić information content (AvgIpc) is 2.86. The van der Waals surface area contributed by atoms with Gasteiger partial charge in [-0.25, -0.2) is 8.78 Å². The number of alkyl halides is 2. The number of carbonyl (C=O) groups excluding carboxylic acids is 3. The maximum atomic E-state index is 15.0. The first-order valence-electron chi connectivity index (χ1n) is 12.7. The van der Waals surface area contributed by atoms with Crippen molar-refractivity contribution >= 4 is 35.0 Å². The van der Waals surface area contributed by atoms with Gasteiger partial charge in [0.25, 0.3) is 5.92 Å². The molecule has 1 aromatic carbocycles. The van der Waals surface area contributed by atoms with Crippen LogP contribution >= 0.6 is 11.6 Å². The average molecular weight is 536 g/mol. The molecular weight excluding hydrogens is 504 g/mol. The molecule has 3 N–H and O–H groups in total. The van der Waals surface area contributed by atoms with Crippen molar-refractivity contribution in [1.29, 1.82) is 5.26 Å². The Balaban J connectivity index is 1.54. The van der Waals surface area contributed by atoms with E-state index < -0.39 is 60.2 Å². The van der Waals surface area contributed by atoms with Gasteiger partial charge < -0.3 is 20.9 Å². The minimum Gasteiger partial charge on any atom is -0.374 e. The standard InChI is InChI=1S/C26H32ClF2N5O3/c1-14-20(27)6-3-7-21(14)32-15(2)25(37)34-18-8-9-19(26(28,29)12-18)22(34)24(36)33-17(13-30)11-16-5-4-10-31-23(16)35/h3,6-7,15-19,22,32H,4-5,8-12H2,1-2H3,(H,31,35)(H,33,36). The first-order chi connectivity index (χ1) is 17.5. The van der Waals surface area contributed by atoms with Gasteiger partial charge in [-0.2, -0.15) is 5.26 Å². The number of piperidine rings is 3. The Hall–Kier alpha value is -2.93. The number of hydrogen-bond donors (Lipinski definition) is 3. The van der Waals surface area contributed by atoms with E-state index in [2.05, 4.69) is 16.0 Å². The second-order valence-corrected chi connectivity index (χ2v) is 10.7. The molecule has 3 amide bonds. The van der Waals surface area contributed by atoms with Gasteiger partial charge in [-0.05, 0) is 63.6 Å². The van der Waals surface area contributed by atoms with Crippen LogP contribution in [0, 0.1) is 30.1 Å². The zero-order valence-corrected chi connectivity index (χ0v) is 21.7. The lowest BCUT2D eigenvalue weighted by Crippen LogP contribution is -2.70. The van der Waals surface area contributed by atoms with Crippen LogP contribution in [0.5, 0.6) is 0 Å². The molecule has 4 aliphatic rings. The number of nitrogens with zero attached hydrogens (tertiary/aromatic N) is 2. The Kier molecular flexibility index (Phi) is 7.93. The van der Waals surface area contributed by atoms with Crippen molar-refractivity contribution in [2.75, 3.05) is 11.9 Å². The largest absolute Gasteiger partial charge is 0.374 e. The van der Waals surface area contributed by atoms with E-state index in [4.69, 9.17) is 11.6 Å². The van der Waals surface area contributed by atoms with Crippen molar-refractivity contribution in [3.63, 3.8) is 0 Å². The van der Waals surface area contributed by atoms with Gasteiger partial charge in [-0.15, -0.1) is 0 Å². The topological polar surface area (TPSA) is 114 Å². The van der Waals surface area contributed by atoms with Gasteiger partial charge in [-0.1, -0.05) is 17.7 Å². The molecule has 1 aliphatic carbocycles. The molecule has 1 aromatic rings. The third-order valence-electron chi connectivity index (χ3n) is 7.86. The van der Waals surface area contributed by atoms with E-state index in [-0.39, 0.29) is 18.7 Å². The van der Waals surface area contributed by atoms with Gasteiger partial charge >= 0.3 is 0 Å². The molecule has 1 saturated carbocycles. The molecule has 0 spiro atoms. The van der Waals surface area contributed by atoms with E-state index >= 15 is 0 Å². The minimum atomic E-state index is -3.10. The summed E-state index contributed by atoms with van der Waals surface area (Å²) in [7, 11) is 0. The summed E-state index contributed by atoms with van der Waals surface area (Å²) >= 11 is 6.19. The molecule has 11 heteroatoms. The second kappa shape index (κ2) is 10.8. The smallest absolute Gasteiger partial charge is 0.255 e. The number of rotatable bonds is 7. The Labute approximate surface area is 220 Å². The summed E-state index contributed by atoms with van der Waals surface area (Å²) in [5.74, 6) is -6.32. The number of hydrogen-bond acceptors (Lipinski definition) is 5. The first-order valence-corrected chi connectivity index (χ1v) is 13.1. The number of nitriles is 1. The predicted molar refractivity (Wildman–Crippen MR) is 134 cm³/mol. The summed E-state index contributed by atoms with van der Waals surface area (Å²) in [6.45, 7) is 3.99. The number of nitrogens with one attached hydrogen (secondary N) is 3. The maximum absolute atomic E-state index is 15.0. The van der Waals surface area contributed by atoms with Crippen LogP contribution in [0.3, 0.4) is 0 Å². The Morgan fingerprint density at radius 3 is 2.76 bits per heavy atom. The van der Waals surface area contributed by atoms with E-state index in [9.17, 15) is 28.4 Å². The van der Waals surface area contributed by atoms with Crippen molar-refractivity contribution in [1.82, 2.24) is 15.5 Å². The third-order valence-corrected chi connectivity index (χ3v) is 8.27. The van der Waals surface area contributed by atoms with Crippen LogP contribution in [0.4, 0.5) is 14.5 Å². The molecule has 3 aliphatic heterocycles. The van der Waals surface area contributed by atoms with E-state index in [1.165, 1.54) is 4.90 Å². The predicted octanol–water partition coefficient (Wildman–Crippen LogP) is 3.39. The van der Waals surface area contributed by atoms with Crippen LogP contribution in [0.15, 0.2) is 18.2 Å². The lowest BCUT2D eigenvalue weighted by Gasteiger charge is -2.54. The molecule has 2 bridgehead atoms. The van der Waals surface area contributed by atoms with Crippen LogP contribution < -0.4 is 16.0 Å². The molecule has 37 heavy (non-hydrogen) atoms. The summed E-state index contributed by atoms with van der Waals surface area (Å²) in [6, 6.07) is 3.18. The number of benzene rings is 1. The highest BCUT2D eigenvalue weighted by Gasteiger charge is 2.60. The summed E-state index contributed by atoms with van der Waals surface area (Å²) in [5, 5.41) is 18.6. The summed E-state index contributed by atoms with van der Waals surface area (Å²) in [6.07, 6.45) is 1.42. The molecule has 4 fully saturated rings. The highest BCUT2D eigenvalue weighted by molar-refractivity contribution is 6.31. The maximum Gasteiger partial charge on any atom is 0.255 e. The van der Waals surface area contributed by atoms with Gasteiger partial charge in [0.15, 0.2) is 0 Å². The van der Waals surface area contributed by atoms with Crippen molar-refractivity contribution in [3.05, 3.63) is 28.8 Å². The van der Waals surface area contributed by atoms with E-state index in [1.807, 2.05) is 6.07 Å². The fraction of sp³-hybridized carbons (Fsp3) is 0.615. The molecule has 0 radical (unpaired) electrons. The number of carbonyl (C=O) groups is 3. The van der Waals surface area contributed by atoms with E-state index in [0.717, 1.165) is 12.0 Å². The summed E-state index contributed by atoms with van der Waals surface area (Å²) in [5.41, 5.74) is 1.38. The number of amides is 3. The van der Waals surface area contributed by atoms with Crippen molar-refractivity contribution < 1.29 is 23.2 Å². The fourth-order valence-corrected chi connectivity index (χ4v) is 6.03. The lowest BCUT2D eigenvalue weighted by atomic mass is 9.71. The van der Waals surface area contributed by atoms with Gasteiger partial charge in [0.05, 0.1) is 12.0 Å². The second-order valence-electron chi connectivity index (χ2n) is 10.3. The van der Waals surface area contributed by atoms with Gasteiger partial charge in [0, 0.05) is 35.6 Å². The highest BCUT2D eigenvalue weighted by Crippen LogP contribution is 2.49. The molecule has 3 saturated heterocycles. The summed E-state index contributed by atoms with van der Waals surface area (Å²) in [4.78, 5) is 40.5. The number of anilines is 1. The molecular formula is C26H32ClF2N5O3. The van der Waals surface area contributed by atoms with Crippen LogP contribution in [0.25, 0.3) is 0 Å². The minimum absolute atomic E-state index is 0.0885. The van der Waals surface area contributed by atoms with Crippen molar-refractivity contribution in [2.45, 2.75) is 82.5 Å². The van der Waals surface area contributed by atoms with Crippen LogP contribution in [-0.2, 0) is 14.4 Å². The first kappa shape index (κ1) is 27.1. The molecule has 5 rings (SSSR count). The summed E-state index contributed by atoms with van der Waals surface area (Å²) < 4.78 is 29.9. The Morgan fingerprint density at radius 1 is 1.32 bits per heavy atom. The molecule has 200 valence electrons. The van der Waals surface area contributed by atoms with E-state index in [0.29, 0.717) is 30.1 Å². The van der Waals surface area contributed by atoms with Crippen molar-refractivity contribution in [2.24, 2.45) is 11.8 Å². The van der Waals surface area contributed by atoms with E-state index in [1.54, 1.807) is 32.0 Å². The molecule has 6 unspecified atom stereocenters. The third kappa shape index (κ3) is 5.52. The highest BCUT2D eigenvalue weighted by atomic mass is 35.5. The zero-order chi connectivity index (χ0) is 26.9. The SMILES string of the molecule is Cc1c(Cl)cccc1NC(C)C(=O)N1C2CCC(C1C(=O)NC(C#N)CC1CCCNC1=O)C(F)(F)C2. The Bertz CT molecular complexity index is 1110. The monoisotopic (exact) mass is 535 g/mol. The number of halogens is 3. The van der Waals surface area contributed by atoms with Crippen LogP contribution in [-0.4, -0.2) is 59.3 Å². The lowest BCUT2D eigenvalue weighted by molar-refractivity contribution is -0.194. The Morgan fingerprint density at radius 2 is 2.08 bits per heavy atom. The van der Waals surface area contributed by atoms with Gasteiger partial charge in [-0.3, -0.25) is 14.4 Å². The molecule has 6 atom stereocenters. The van der Waals surface area contributed by atoms with Crippen LogP contribution in [0.2, 0.25) is 5.02 Å². The quantitative estimate of drug-likeness (QED) is 0.495. The molecule has 3 heterocycles. The zero-order valence-electron chi connectivity index (χ0n) is 20.9. The van der Waals surface area contributed by atoms with Crippen LogP contribution in [0.1, 0.15) is 51.0 Å². The fourth-order valence-electron chi connectivity index (χ4n) is 5.85. The molecule has 0 aromatic heterocycles. The normalized spacial score (nSPS) is 28.0. The van der Waals surface area contributed by atoms with Crippen molar-refractivity contribution in [3.8, 4) is 6.07 Å². The van der Waals surface area contributed by atoms with Gasteiger partial charge in [0.2, 0.25) is 17.7 Å². The number of fused-ring (bicyclic) bond motifs is 3. The van der Waals surface area contributed by atoms with Gasteiger partial charge in [0.1, 0.15) is 18.1 Å².